The molecule has 28 heavy (non-hydrogen) atoms. The highest BCUT2D eigenvalue weighted by molar-refractivity contribution is 6.31. The van der Waals surface area contributed by atoms with Crippen LogP contribution in [0.15, 0.2) is 36.5 Å². The SMILES string of the molecule is Cc1ccc(Cl)cc1NC(=O)CCc1c(C)nc2c3cccnc3nn2c1C. The lowest BCUT2D eigenvalue weighted by Gasteiger charge is -2.12. The molecular weight excluding hydrogens is 374 g/mol. The molecule has 0 saturated heterocycles. The van der Waals surface area contributed by atoms with Gasteiger partial charge in [0.05, 0.1) is 5.39 Å². The summed E-state index contributed by atoms with van der Waals surface area (Å²) in [5.41, 5.74) is 6.09. The van der Waals surface area contributed by atoms with Crippen LogP contribution >= 0.6 is 11.6 Å². The molecule has 3 aromatic heterocycles. The Kier molecular flexibility index (Phi) is 4.73. The highest BCUT2D eigenvalue weighted by Gasteiger charge is 2.15. The number of aryl methyl sites for hydroxylation is 3. The number of aromatic nitrogens is 4. The van der Waals surface area contributed by atoms with Crippen molar-refractivity contribution in [3.63, 3.8) is 0 Å². The second kappa shape index (κ2) is 7.20. The minimum atomic E-state index is -0.0587. The van der Waals surface area contributed by atoms with E-state index in [1.807, 2.05) is 49.6 Å². The minimum Gasteiger partial charge on any atom is -0.326 e. The number of anilines is 1. The molecule has 0 aliphatic heterocycles. The zero-order valence-corrected chi connectivity index (χ0v) is 16.7. The number of hydrogen-bond donors (Lipinski definition) is 1. The van der Waals surface area contributed by atoms with Gasteiger partial charge in [-0.15, -0.1) is 5.10 Å². The first-order valence-electron chi connectivity index (χ1n) is 9.09. The highest BCUT2D eigenvalue weighted by Crippen LogP contribution is 2.23. The Morgan fingerprint density at radius 2 is 2.04 bits per heavy atom. The fourth-order valence-electron chi connectivity index (χ4n) is 3.41. The summed E-state index contributed by atoms with van der Waals surface area (Å²) in [6, 6.07) is 9.31. The molecule has 0 unspecified atom stereocenters. The molecule has 0 spiro atoms. The van der Waals surface area contributed by atoms with Crippen LogP contribution in [0.4, 0.5) is 5.69 Å². The Morgan fingerprint density at radius 1 is 1.21 bits per heavy atom. The molecule has 4 aromatic rings. The number of nitrogens with zero attached hydrogens (tertiary/aromatic N) is 4. The standard InChI is InChI=1S/C21H20ClN5O/c1-12-6-7-15(22)11-18(12)25-19(28)9-8-16-13(2)24-21-17-5-4-10-23-20(17)26-27(21)14(16)3/h4-7,10-11H,8-9H2,1-3H3,(H,25,28). The molecule has 6 nitrogen and oxygen atoms in total. The quantitative estimate of drug-likeness (QED) is 0.556. The van der Waals surface area contributed by atoms with E-state index in [1.54, 1.807) is 12.3 Å². The predicted octanol–water partition coefficient (Wildman–Crippen LogP) is 4.43. The van der Waals surface area contributed by atoms with Crippen molar-refractivity contribution in [2.24, 2.45) is 0 Å². The average Bonchev–Trinajstić information content (AvgIpc) is 3.03. The third kappa shape index (κ3) is 3.31. The summed E-state index contributed by atoms with van der Waals surface area (Å²) in [5, 5.41) is 9.03. The van der Waals surface area contributed by atoms with E-state index >= 15 is 0 Å². The molecule has 0 aliphatic rings. The third-order valence-electron chi connectivity index (χ3n) is 4.96. The highest BCUT2D eigenvalue weighted by atomic mass is 35.5. The van der Waals surface area contributed by atoms with Gasteiger partial charge in [-0.2, -0.15) is 0 Å². The fraction of sp³-hybridized carbons (Fsp3) is 0.238. The van der Waals surface area contributed by atoms with Gasteiger partial charge in [-0.3, -0.25) is 4.79 Å². The third-order valence-corrected chi connectivity index (χ3v) is 5.20. The number of nitrogens with one attached hydrogen (secondary N) is 1. The van der Waals surface area contributed by atoms with E-state index < -0.39 is 0 Å². The lowest BCUT2D eigenvalue weighted by molar-refractivity contribution is -0.116. The van der Waals surface area contributed by atoms with Gasteiger partial charge < -0.3 is 5.32 Å². The molecule has 3 heterocycles. The number of carbonyl (C=O) groups excluding carboxylic acids is 1. The summed E-state index contributed by atoms with van der Waals surface area (Å²) in [6.45, 7) is 5.91. The van der Waals surface area contributed by atoms with Crippen LogP contribution in [-0.2, 0) is 11.2 Å². The van der Waals surface area contributed by atoms with Crippen molar-refractivity contribution < 1.29 is 4.79 Å². The van der Waals surface area contributed by atoms with Crippen LogP contribution in [0.25, 0.3) is 16.7 Å². The Bertz CT molecular complexity index is 1210. The van der Waals surface area contributed by atoms with Gasteiger partial charge in [0, 0.05) is 34.7 Å². The van der Waals surface area contributed by atoms with Gasteiger partial charge in [-0.25, -0.2) is 14.5 Å². The number of fused-ring (bicyclic) bond motifs is 3. The number of rotatable bonds is 4. The first-order valence-corrected chi connectivity index (χ1v) is 9.47. The summed E-state index contributed by atoms with van der Waals surface area (Å²) < 4.78 is 1.82. The fourth-order valence-corrected chi connectivity index (χ4v) is 3.58. The summed E-state index contributed by atoms with van der Waals surface area (Å²) >= 11 is 6.03. The van der Waals surface area contributed by atoms with E-state index in [4.69, 9.17) is 16.6 Å². The minimum absolute atomic E-state index is 0.0587. The van der Waals surface area contributed by atoms with Crippen molar-refractivity contribution in [3.8, 4) is 0 Å². The summed E-state index contributed by atoms with van der Waals surface area (Å²) in [4.78, 5) is 21.5. The van der Waals surface area contributed by atoms with E-state index in [9.17, 15) is 4.79 Å². The number of carbonyl (C=O) groups is 1. The summed E-state index contributed by atoms with van der Waals surface area (Å²) in [5.74, 6) is -0.0587. The Morgan fingerprint density at radius 3 is 2.86 bits per heavy atom. The van der Waals surface area contributed by atoms with Crippen LogP contribution in [0.3, 0.4) is 0 Å². The van der Waals surface area contributed by atoms with Gasteiger partial charge in [0.25, 0.3) is 0 Å². The predicted molar refractivity (Wildman–Crippen MR) is 111 cm³/mol. The Labute approximate surface area is 167 Å². The maximum absolute atomic E-state index is 12.5. The molecular formula is C21H20ClN5O. The van der Waals surface area contributed by atoms with E-state index in [0.717, 1.165) is 39.2 Å². The van der Waals surface area contributed by atoms with E-state index in [1.165, 1.54) is 0 Å². The molecule has 0 fully saturated rings. The first-order chi connectivity index (χ1) is 13.4. The number of amides is 1. The van der Waals surface area contributed by atoms with Crippen molar-refractivity contribution in [1.29, 1.82) is 0 Å². The van der Waals surface area contributed by atoms with Gasteiger partial charge in [0.1, 0.15) is 0 Å². The molecule has 4 rings (SSSR count). The lowest BCUT2D eigenvalue weighted by atomic mass is 10.1. The molecule has 0 radical (unpaired) electrons. The summed E-state index contributed by atoms with van der Waals surface area (Å²) in [7, 11) is 0. The number of hydrogen-bond acceptors (Lipinski definition) is 4. The molecule has 0 aliphatic carbocycles. The van der Waals surface area contributed by atoms with Crippen molar-refractivity contribution in [1.82, 2.24) is 19.6 Å². The van der Waals surface area contributed by atoms with Crippen LogP contribution in [0.5, 0.6) is 0 Å². The maximum atomic E-state index is 12.5. The maximum Gasteiger partial charge on any atom is 0.224 e. The number of benzene rings is 1. The average molecular weight is 394 g/mol. The zero-order valence-electron chi connectivity index (χ0n) is 16.0. The monoisotopic (exact) mass is 393 g/mol. The second-order valence-corrected chi connectivity index (χ2v) is 7.32. The van der Waals surface area contributed by atoms with Crippen molar-refractivity contribution in [3.05, 3.63) is 64.1 Å². The smallest absolute Gasteiger partial charge is 0.224 e. The van der Waals surface area contributed by atoms with Crippen molar-refractivity contribution in [2.75, 3.05) is 5.32 Å². The first kappa shape index (κ1) is 18.4. The molecule has 1 aromatic carbocycles. The molecule has 0 saturated carbocycles. The van der Waals surface area contributed by atoms with Gasteiger partial charge in [0.2, 0.25) is 5.91 Å². The molecule has 7 heteroatoms. The Hall–Kier alpha value is -2.99. The van der Waals surface area contributed by atoms with Crippen LogP contribution < -0.4 is 5.32 Å². The molecule has 1 N–H and O–H groups in total. The van der Waals surface area contributed by atoms with E-state index in [-0.39, 0.29) is 5.91 Å². The topological polar surface area (TPSA) is 72.2 Å². The molecule has 0 atom stereocenters. The van der Waals surface area contributed by atoms with Crippen molar-refractivity contribution in [2.45, 2.75) is 33.6 Å². The number of halogens is 1. The van der Waals surface area contributed by atoms with E-state index in [0.29, 0.717) is 23.5 Å². The lowest BCUT2D eigenvalue weighted by Crippen LogP contribution is -2.15. The van der Waals surface area contributed by atoms with Crippen molar-refractivity contribution >= 4 is 39.9 Å². The molecule has 0 bridgehead atoms. The van der Waals surface area contributed by atoms with Gasteiger partial charge >= 0.3 is 0 Å². The molecule has 142 valence electrons. The van der Waals surface area contributed by atoms with Gasteiger partial charge in [0.15, 0.2) is 11.3 Å². The Balaban J connectivity index is 1.58. The van der Waals surface area contributed by atoms with Crippen LogP contribution in [0, 0.1) is 20.8 Å². The molecule has 1 amide bonds. The van der Waals surface area contributed by atoms with Crippen LogP contribution in [0.1, 0.15) is 28.9 Å². The van der Waals surface area contributed by atoms with E-state index in [2.05, 4.69) is 15.4 Å². The summed E-state index contributed by atoms with van der Waals surface area (Å²) in [6.07, 6.45) is 2.65. The van der Waals surface area contributed by atoms with Crippen LogP contribution in [-0.4, -0.2) is 25.5 Å². The second-order valence-electron chi connectivity index (χ2n) is 6.88. The van der Waals surface area contributed by atoms with Gasteiger partial charge in [-0.05, 0) is 62.6 Å². The van der Waals surface area contributed by atoms with Crippen LogP contribution in [0.2, 0.25) is 5.02 Å². The normalized spacial score (nSPS) is 11.3. The zero-order chi connectivity index (χ0) is 19.8. The number of pyridine rings is 1. The van der Waals surface area contributed by atoms with Gasteiger partial charge in [-0.1, -0.05) is 17.7 Å². The largest absolute Gasteiger partial charge is 0.326 e.